The Morgan fingerprint density at radius 3 is 3.00 bits per heavy atom. The largest absolute Gasteiger partial charge is 0.490 e. The van der Waals surface area contributed by atoms with Crippen LogP contribution in [0.3, 0.4) is 0 Å². The maximum atomic E-state index is 12.3. The molecule has 6 heteroatoms. The highest BCUT2D eigenvalue weighted by molar-refractivity contribution is 5.76. The Bertz CT molecular complexity index is 702. The van der Waals surface area contributed by atoms with Crippen molar-refractivity contribution in [3.8, 4) is 5.75 Å². The Hall–Kier alpha value is -2.34. The lowest BCUT2D eigenvalue weighted by Crippen LogP contribution is -2.40. The minimum Gasteiger partial charge on any atom is -0.490 e. The Morgan fingerprint density at radius 1 is 1.40 bits per heavy atom. The molecule has 3 rings (SSSR count). The molecule has 1 unspecified atom stereocenters. The number of amides is 1. The summed E-state index contributed by atoms with van der Waals surface area (Å²) in [5, 5.41) is 10.7. The number of β-amino-alcohol motifs (C(OH)–C–C–N with tert-alkyl or cyclic N) is 1. The molecule has 0 radical (unpaired) electrons. The average molecular weight is 343 g/mol. The van der Waals surface area contributed by atoms with Gasteiger partial charge in [0.25, 0.3) is 0 Å². The molecule has 1 aliphatic heterocycles. The van der Waals surface area contributed by atoms with E-state index in [9.17, 15) is 9.90 Å². The molecule has 0 saturated carbocycles. The van der Waals surface area contributed by atoms with Crippen LogP contribution < -0.4 is 4.74 Å². The van der Waals surface area contributed by atoms with Crippen molar-refractivity contribution in [2.75, 3.05) is 19.7 Å². The number of aliphatic hydroxyl groups is 1. The van der Waals surface area contributed by atoms with Gasteiger partial charge in [0.05, 0.1) is 12.9 Å². The Kier molecular flexibility index (Phi) is 5.38. The van der Waals surface area contributed by atoms with Gasteiger partial charge in [-0.05, 0) is 31.4 Å². The standard InChI is InChI=1S/C19H25N3O3/c1-16-5-2-3-6-17(16)25-14-19(24)8-11-22(13-19)18(23)7-4-10-21-12-9-20-15-21/h2-3,5-6,9,12,15,24H,4,7-8,10-11,13-14H2,1H3. The molecular formula is C19H25N3O3. The van der Waals surface area contributed by atoms with E-state index in [1.54, 1.807) is 17.4 Å². The fourth-order valence-corrected chi connectivity index (χ4v) is 3.11. The molecule has 2 heterocycles. The summed E-state index contributed by atoms with van der Waals surface area (Å²) in [6.07, 6.45) is 7.17. The SMILES string of the molecule is Cc1ccccc1OCC1(O)CCN(C(=O)CCCn2ccnc2)C1. The van der Waals surface area contributed by atoms with Crippen LogP contribution in [0.1, 0.15) is 24.8 Å². The molecule has 25 heavy (non-hydrogen) atoms. The summed E-state index contributed by atoms with van der Waals surface area (Å²) in [6, 6.07) is 7.74. The Balaban J connectivity index is 1.45. The molecule has 0 spiro atoms. The molecule has 2 aromatic rings. The van der Waals surface area contributed by atoms with Crippen molar-refractivity contribution in [3.63, 3.8) is 0 Å². The van der Waals surface area contributed by atoms with Crippen molar-refractivity contribution in [1.29, 1.82) is 0 Å². The van der Waals surface area contributed by atoms with Crippen molar-refractivity contribution in [2.45, 2.75) is 38.3 Å². The summed E-state index contributed by atoms with van der Waals surface area (Å²) in [4.78, 5) is 18.1. The third kappa shape index (κ3) is 4.60. The maximum absolute atomic E-state index is 12.3. The number of para-hydroxylation sites is 1. The monoisotopic (exact) mass is 343 g/mol. The molecule has 1 atom stereocenters. The van der Waals surface area contributed by atoms with Gasteiger partial charge in [0.1, 0.15) is 18.0 Å². The Labute approximate surface area is 148 Å². The predicted octanol–water partition coefficient (Wildman–Crippen LogP) is 2.01. The van der Waals surface area contributed by atoms with E-state index in [1.165, 1.54) is 0 Å². The lowest BCUT2D eigenvalue weighted by Gasteiger charge is -2.24. The van der Waals surface area contributed by atoms with Gasteiger partial charge in [0, 0.05) is 31.9 Å². The summed E-state index contributed by atoms with van der Waals surface area (Å²) in [7, 11) is 0. The molecule has 1 saturated heterocycles. The zero-order valence-corrected chi connectivity index (χ0v) is 14.6. The van der Waals surface area contributed by atoms with Gasteiger partial charge in [-0.25, -0.2) is 4.98 Å². The molecule has 1 aliphatic rings. The number of ether oxygens (including phenoxy) is 1. The van der Waals surface area contributed by atoms with E-state index in [0.29, 0.717) is 25.9 Å². The van der Waals surface area contributed by atoms with E-state index in [2.05, 4.69) is 4.98 Å². The molecule has 0 bridgehead atoms. The van der Waals surface area contributed by atoms with E-state index >= 15 is 0 Å². The first-order chi connectivity index (χ1) is 12.1. The van der Waals surface area contributed by atoms with Crippen LogP contribution in [0, 0.1) is 6.92 Å². The minimum absolute atomic E-state index is 0.0898. The minimum atomic E-state index is -0.970. The number of benzene rings is 1. The fraction of sp³-hybridized carbons (Fsp3) is 0.474. The van der Waals surface area contributed by atoms with Crippen LogP contribution in [0.5, 0.6) is 5.75 Å². The Morgan fingerprint density at radius 2 is 2.24 bits per heavy atom. The van der Waals surface area contributed by atoms with Crippen LogP contribution in [0.4, 0.5) is 0 Å². The van der Waals surface area contributed by atoms with Crippen LogP contribution in [0.25, 0.3) is 0 Å². The average Bonchev–Trinajstić information content (AvgIpc) is 3.24. The second kappa shape index (κ2) is 7.70. The van der Waals surface area contributed by atoms with Gasteiger partial charge in [-0.1, -0.05) is 18.2 Å². The van der Waals surface area contributed by atoms with E-state index in [1.807, 2.05) is 42.0 Å². The van der Waals surface area contributed by atoms with E-state index in [0.717, 1.165) is 24.3 Å². The second-order valence-electron chi connectivity index (χ2n) is 6.75. The fourth-order valence-electron chi connectivity index (χ4n) is 3.11. The zero-order chi connectivity index (χ0) is 17.7. The van der Waals surface area contributed by atoms with Crippen LogP contribution in [0.2, 0.25) is 0 Å². The van der Waals surface area contributed by atoms with Crippen molar-refractivity contribution >= 4 is 5.91 Å². The number of carbonyl (C=O) groups is 1. The molecular weight excluding hydrogens is 318 g/mol. The normalized spacial score (nSPS) is 20.0. The van der Waals surface area contributed by atoms with E-state index in [-0.39, 0.29) is 12.5 Å². The smallest absolute Gasteiger partial charge is 0.222 e. The lowest BCUT2D eigenvalue weighted by atomic mass is 10.1. The molecule has 1 fully saturated rings. The number of nitrogens with zero attached hydrogens (tertiary/aromatic N) is 3. The molecule has 6 nitrogen and oxygen atoms in total. The number of aryl methyl sites for hydroxylation is 2. The summed E-state index contributed by atoms with van der Waals surface area (Å²) < 4.78 is 7.75. The van der Waals surface area contributed by atoms with Crippen molar-refractivity contribution in [3.05, 3.63) is 48.5 Å². The summed E-state index contributed by atoms with van der Waals surface area (Å²) in [5.74, 6) is 0.868. The third-order valence-corrected chi connectivity index (χ3v) is 4.64. The van der Waals surface area contributed by atoms with Crippen LogP contribution in [-0.2, 0) is 11.3 Å². The van der Waals surface area contributed by atoms with Gasteiger partial charge in [0.2, 0.25) is 5.91 Å². The van der Waals surface area contributed by atoms with Crippen molar-refractivity contribution in [2.24, 2.45) is 0 Å². The molecule has 134 valence electrons. The van der Waals surface area contributed by atoms with Crippen molar-refractivity contribution < 1.29 is 14.6 Å². The van der Waals surface area contributed by atoms with Gasteiger partial charge in [0.15, 0.2) is 0 Å². The highest BCUT2D eigenvalue weighted by Gasteiger charge is 2.38. The van der Waals surface area contributed by atoms with E-state index < -0.39 is 5.60 Å². The third-order valence-electron chi connectivity index (χ3n) is 4.64. The van der Waals surface area contributed by atoms with Gasteiger partial charge < -0.3 is 19.3 Å². The highest BCUT2D eigenvalue weighted by atomic mass is 16.5. The quantitative estimate of drug-likeness (QED) is 0.835. The number of hydrogen-bond donors (Lipinski definition) is 1. The molecule has 1 amide bonds. The highest BCUT2D eigenvalue weighted by Crippen LogP contribution is 2.25. The molecule has 1 aromatic heterocycles. The number of likely N-dealkylation sites (tertiary alicyclic amines) is 1. The predicted molar refractivity (Wildman–Crippen MR) is 94.3 cm³/mol. The first-order valence-corrected chi connectivity index (χ1v) is 8.70. The van der Waals surface area contributed by atoms with Crippen molar-refractivity contribution in [1.82, 2.24) is 14.5 Å². The summed E-state index contributed by atoms with van der Waals surface area (Å²) >= 11 is 0. The zero-order valence-electron chi connectivity index (χ0n) is 14.6. The first kappa shape index (κ1) is 17.5. The lowest BCUT2D eigenvalue weighted by molar-refractivity contribution is -0.131. The number of carbonyl (C=O) groups excluding carboxylic acids is 1. The number of rotatable bonds is 7. The van der Waals surface area contributed by atoms with Gasteiger partial charge in [-0.15, -0.1) is 0 Å². The van der Waals surface area contributed by atoms with E-state index in [4.69, 9.17) is 4.74 Å². The van der Waals surface area contributed by atoms with Gasteiger partial charge >= 0.3 is 0 Å². The summed E-state index contributed by atoms with van der Waals surface area (Å²) in [6.45, 7) is 3.88. The number of hydrogen-bond acceptors (Lipinski definition) is 4. The first-order valence-electron chi connectivity index (χ1n) is 8.70. The maximum Gasteiger partial charge on any atom is 0.222 e. The second-order valence-corrected chi connectivity index (χ2v) is 6.75. The van der Waals surface area contributed by atoms with Gasteiger partial charge in [-0.3, -0.25) is 4.79 Å². The van der Waals surface area contributed by atoms with Crippen LogP contribution in [0.15, 0.2) is 43.0 Å². The summed E-state index contributed by atoms with van der Waals surface area (Å²) in [5.41, 5.74) is 0.0685. The van der Waals surface area contributed by atoms with Crippen LogP contribution in [-0.4, -0.2) is 50.8 Å². The number of aromatic nitrogens is 2. The molecule has 1 aromatic carbocycles. The number of imidazole rings is 1. The topological polar surface area (TPSA) is 67.6 Å². The molecule has 0 aliphatic carbocycles. The van der Waals surface area contributed by atoms with Crippen LogP contribution >= 0.6 is 0 Å². The molecule has 1 N–H and O–H groups in total. The van der Waals surface area contributed by atoms with Gasteiger partial charge in [-0.2, -0.15) is 0 Å².